The molecule has 0 bridgehead atoms. The number of ether oxygens (including phenoxy) is 2. The molecule has 1 unspecified atom stereocenters. The van der Waals surface area contributed by atoms with Crippen molar-refractivity contribution in [2.24, 2.45) is 0 Å². The lowest BCUT2D eigenvalue weighted by Gasteiger charge is -2.18. The van der Waals surface area contributed by atoms with Crippen LogP contribution in [0.5, 0.6) is 0 Å². The van der Waals surface area contributed by atoms with Crippen LogP contribution in [0.25, 0.3) is 0 Å². The zero-order chi connectivity index (χ0) is 34.0. The molecular formula is C37H71O8P. The van der Waals surface area contributed by atoms with E-state index in [1.807, 2.05) is 0 Å². The first-order valence-corrected chi connectivity index (χ1v) is 20.5. The Morgan fingerprint density at radius 3 is 1.35 bits per heavy atom. The number of carbonyl (C=O) groups is 2. The van der Waals surface area contributed by atoms with E-state index >= 15 is 0 Å². The first-order chi connectivity index (χ1) is 22.3. The van der Waals surface area contributed by atoms with Crippen LogP contribution in [-0.2, 0) is 28.2 Å². The maximum absolute atomic E-state index is 12.3. The minimum absolute atomic E-state index is 0.206. The molecule has 272 valence electrons. The first-order valence-electron chi connectivity index (χ1n) is 19.0. The summed E-state index contributed by atoms with van der Waals surface area (Å²) >= 11 is 0. The predicted molar refractivity (Wildman–Crippen MR) is 189 cm³/mol. The predicted octanol–water partition coefficient (Wildman–Crippen LogP) is 11.1. The van der Waals surface area contributed by atoms with Gasteiger partial charge in [0.15, 0.2) is 6.10 Å². The number of hydrogen-bond acceptors (Lipinski definition) is 6. The second-order valence-corrected chi connectivity index (χ2v) is 14.1. The minimum Gasteiger partial charge on any atom is -0.462 e. The SMILES string of the molecule is CCCCCC/C=C\CCCCCCCC(=O)OC(COC(=O)CCCCCCCCCCCCCCCCC)COP(=O)(O)O. The summed E-state index contributed by atoms with van der Waals surface area (Å²) in [6.45, 7) is 3.66. The number of unbranched alkanes of at least 4 members (excludes halogenated alkanes) is 23. The number of rotatable bonds is 35. The topological polar surface area (TPSA) is 119 Å². The van der Waals surface area contributed by atoms with Gasteiger partial charge < -0.3 is 19.3 Å². The number of phosphoric ester groups is 1. The van der Waals surface area contributed by atoms with E-state index in [0.717, 1.165) is 51.4 Å². The molecule has 0 aromatic carbocycles. The third-order valence-corrected chi connectivity index (χ3v) is 8.77. The lowest BCUT2D eigenvalue weighted by molar-refractivity contribution is -0.161. The third kappa shape index (κ3) is 35.6. The molecule has 0 heterocycles. The molecule has 0 amide bonds. The van der Waals surface area contributed by atoms with Crippen molar-refractivity contribution in [3.8, 4) is 0 Å². The van der Waals surface area contributed by atoms with E-state index in [-0.39, 0.29) is 19.4 Å². The van der Waals surface area contributed by atoms with Gasteiger partial charge in [0.2, 0.25) is 0 Å². The second kappa shape index (κ2) is 33.7. The normalized spacial score (nSPS) is 12.5. The van der Waals surface area contributed by atoms with Crippen LogP contribution in [0.15, 0.2) is 12.2 Å². The van der Waals surface area contributed by atoms with Gasteiger partial charge in [-0.15, -0.1) is 0 Å². The zero-order valence-electron chi connectivity index (χ0n) is 29.7. The van der Waals surface area contributed by atoms with Crippen LogP contribution < -0.4 is 0 Å². The Bertz CT molecular complexity index is 766. The molecule has 46 heavy (non-hydrogen) atoms. The molecule has 0 radical (unpaired) electrons. The summed E-state index contributed by atoms with van der Waals surface area (Å²) in [6, 6.07) is 0. The van der Waals surface area contributed by atoms with E-state index in [1.54, 1.807) is 0 Å². The molecule has 0 saturated carbocycles. The van der Waals surface area contributed by atoms with Crippen molar-refractivity contribution in [3.63, 3.8) is 0 Å². The largest absolute Gasteiger partial charge is 0.469 e. The lowest BCUT2D eigenvalue weighted by Crippen LogP contribution is -2.29. The Morgan fingerprint density at radius 1 is 0.543 bits per heavy atom. The van der Waals surface area contributed by atoms with E-state index < -0.39 is 32.5 Å². The molecule has 0 aromatic rings. The highest BCUT2D eigenvalue weighted by Gasteiger charge is 2.22. The summed E-state index contributed by atoms with van der Waals surface area (Å²) < 4.78 is 26.3. The number of phosphoric acid groups is 1. The quantitative estimate of drug-likeness (QED) is 0.0295. The lowest BCUT2D eigenvalue weighted by atomic mass is 10.0. The molecular weight excluding hydrogens is 603 g/mol. The van der Waals surface area contributed by atoms with Crippen molar-refractivity contribution in [1.82, 2.24) is 0 Å². The highest BCUT2D eigenvalue weighted by Crippen LogP contribution is 2.36. The standard InChI is InChI=1S/C37H71O8P/c1-3-5-7-9-11-13-15-17-18-20-21-23-25-27-29-31-36(38)43-33-35(34-44-46(40,41)42)45-37(39)32-30-28-26-24-22-19-16-14-12-10-8-6-4-2/h14,16,35H,3-13,15,17-34H2,1-2H3,(H2,40,41,42)/b16-14-. The summed E-state index contributed by atoms with van der Waals surface area (Å²) in [5.74, 6) is -0.887. The average molecular weight is 675 g/mol. The summed E-state index contributed by atoms with van der Waals surface area (Å²) in [5, 5.41) is 0. The molecule has 0 aliphatic heterocycles. The second-order valence-electron chi connectivity index (χ2n) is 12.9. The molecule has 0 aliphatic rings. The van der Waals surface area contributed by atoms with Crippen LogP contribution in [0.1, 0.15) is 194 Å². The molecule has 0 fully saturated rings. The van der Waals surface area contributed by atoms with E-state index in [2.05, 4.69) is 30.5 Å². The number of hydrogen-bond donors (Lipinski definition) is 2. The van der Waals surface area contributed by atoms with Gasteiger partial charge in [-0.25, -0.2) is 4.57 Å². The Kier molecular flexibility index (Phi) is 32.8. The van der Waals surface area contributed by atoms with E-state index in [4.69, 9.17) is 19.3 Å². The highest BCUT2D eigenvalue weighted by atomic mass is 31.2. The monoisotopic (exact) mass is 674 g/mol. The highest BCUT2D eigenvalue weighted by molar-refractivity contribution is 7.46. The number of allylic oxidation sites excluding steroid dienone is 2. The summed E-state index contributed by atoms with van der Waals surface area (Å²) in [6.07, 6.45) is 35.0. The summed E-state index contributed by atoms with van der Waals surface area (Å²) in [7, 11) is -4.74. The minimum atomic E-state index is -4.74. The van der Waals surface area contributed by atoms with Crippen molar-refractivity contribution >= 4 is 19.8 Å². The molecule has 0 saturated heterocycles. The van der Waals surface area contributed by atoms with Crippen LogP contribution in [0, 0.1) is 0 Å². The fraction of sp³-hybridized carbons (Fsp3) is 0.892. The van der Waals surface area contributed by atoms with Gasteiger partial charge in [-0.05, 0) is 38.5 Å². The van der Waals surface area contributed by atoms with E-state index in [1.165, 1.54) is 109 Å². The number of carbonyl (C=O) groups excluding carboxylic acids is 2. The van der Waals surface area contributed by atoms with Crippen molar-refractivity contribution in [1.29, 1.82) is 0 Å². The zero-order valence-corrected chi connectivity index (χ0v) is 30.6. The van der Waals surface area contributed by atoms with Crippen LogP contribution in [-0.4, -0.2) is 41.0 Å². The summed E-state index contributed by atoms with van der Waals surface area (Å²) in [4.78, 5) is 42.7. The van der Waals surface area contributed by atoms with Crippen molar-refractivity contribution in [2.75, 3.05) is 13.2 Å². The van der Waals surface area contributed by atoms with Crippen LogP contribution in [0.4, 0.5) is 0 Å². The van der Waals surface area contributed by atoms with Gasteiger partial charge in [0.25, 0.3) is 0 Å². The molecule has 0 spiro atoms. The van der Waals surface area contributed by atoms with Gasteiger partial charge in [-0.3, -0.25) is 14.1 Å². The smallest absolute Gasteiger partial charge is 0.462 e. The van der Waals surface area contributed by atoms with Gasteiger partial charge in [-0.1, -0.05) is 154 Å². The molecule has 0 aromatic heterocycles. The van der Waals surface area contributed by atoms with Crippen LogP contribution >= 0.6 is 7.82 Å². The van der Waals surface area contributed by atoms with Crippen molar-refractivity contribution in [3.05, 3.63) is 12.2 Å². The average Bonchev–Trinajstić information content (AvgIpc) is 3.02. The molecule has 8 nitrogen and oxygen atoms in total. The van der Waals surface area contributed by atoms with Gasteiger partial charge in [0.05, 0.1) is 6.61 Å². The maximum Gasteiger partial charge on any atom is 0.469 e. The van der Waals surface area contributed by atoms with Gasteiger partial charge in [0, 0.05) is 12.8 Å². The molecule has 0 aliphatic carbocycles. The molecule has 1 atom stereocenters. The van der Waals surface area contributed by atoms with Gasteiger partial charge >= 0.3 is 19.8 Å². The first kappa shape index (κ1) is 44.8. The van der Waals surface area contributed by atoms with E-state index in [9.17, 15) is 14.2 Å². The Morgan fingerprint density at radius 2 is 0.913 bits per heavy atom. The fourth-order valence-electron chi connectivity index (χ4n) is 5.43. The van der Waals surface area contributed by atoms with Crippen molar-refractivity contribution in [2.45, 2.75) is 200 Å². The van der Waals surface area contributed by atoms with Crippen LogP contribution in [0.3, 0.4) is 0 Å². The summed E-state index contributed by atoms with van der Waals surface area (Å²) in [5.41, 5.74) is 0. The third-order valence-electron chi connectivity index (χ3n) is 8.28. The molecule has 0 rings (SSSR count). The Labute approximate surface area is 282 Å². The van der Waals surface area contributed by atoms with Gasteiger partial charge in [-0.2, -0.15) is 0 Å². The molecule has 9 heteroatoms. The van der Waals surface area contributed by atoms with Crippen LogP contribution in [0.2, 0.25) is 0 Å². The van der Waals surface area contributed by atoms with E-state index in [0.29, 0.717) is 6.42 Å². The van der Waals surface area contributed by atoms with Crippen molar-refractivity contribution < 1.29 is 37.9 Å². The molecule has 2 N–H and O–H groups in total. The Balaban J connectivity index is 3.94. The van der Waals surface area contributed by atoms with Gasteiger partial charge in [0.1, 0.15) is 6.61 Å². The number of esters is 2. The fourth-order valence-corrected chi connectivity index (χ4v) is 5.79. The Hall–Kier alpha value is -1.21. The maximum atomic E-state index is 12.3.